The normalized spacial score (nSPS) is 12.8. The Labute approximate surface area is 199 Å². The number of hydrogen-bond acceptors (Lipinski definition) is 5. The number of halogens is 2. The molecule has 0 unspecified atom stereocenters. The molecule has 0 atom stereocenters. The van der Waals surface area contributed by atoms with Gasteiger partial charge in [-0.2, -0.15) is 0 Å². The largest absolute Gasteiger partial charge is 0.459 e. The van der Waals surface area contributed by atoms with Crippen LogP contribution in [0.5, 0.6) is 0 Å². The van der Waals surface area contributed by atoms with E-state index in [1.54, 1.807) is 50.4 Å². The SMILES string of the molecule is CC(C)OC(=O)c1ccc(-c2ccc(F)c(N3Cc4ccc(-c5c[nH]nn5)cc4C3=O)c2F)cc1. The maximum absolute atomic E-state index is 15.7. The van der Waals surface area contributed by atoms with E-state index in [-0.39, 0.29) is 18.2 Å². The molecular weight excluding hydrogens is 454 g/mol. The van der Waals surface area contributed by atoms with Crippen molar-refractivity contribution < 1.29 is 23.1 Å². The van der Waals surface area contributed by atoms with Crippen LogP contribution in [-0.2, 0) is 11.3 Å². The van der Waals surface area contributed by atoms with Crippen LogP contribution in [0.3, 0.4) is 0 Å². The van der Waals surface area contributed by atoms with E-state index in [1.807, 2.05) is 0 Å². The Balaban J connectivity index is 1.47. The van der Waals surface area contributed by atoms with Crippen LogP contribution in [0.15, 0.2) is 60.8 Å². The lowest BCUT2D eigenvalue weighted by molar-refractivity contribution is 0.0378. The Morgan fingerprint density at radius 1 is 1.03 bits per heavy atom. The minimum Gasteiger partial charge on any atom is -0.459 e. The van der Waals surface area contributed by atoms with Crippen LogP contribution in [0.25, 0.3) is 22.4 Å². The lowest BCUT2D eigenvalue weighted by Crippen LogP contribution is -2.25. The molecule has 0 radical (unpaired) electrons. The highest BCUT2D eigenvalue weighted by atomic mass is 19.1. The van der Waals surface area contributed by atoms with E-state index in [0.29, 0.717) is 33.5 Å². The van der Waals surface area contributed by atoms with Crippen molar-refractivity contribution in [2.24, 2.45) is 0 Å². The van der Waals surface area contributed by atoms with E-state index in [0.717, 1.165) is 11.0 Å². The van der Waals surface area contributed by atoms with Gasteiger partial charge >= 0.3 is 5.97 Å². The number of rotatable bonds is 5. The Bertz CT molecular complexity index is 1430. The highest BCUT2D eigenvalue weighted by Gasteiger charge is 2.33. The minimum absolute atomic E-state index is 0.0323. The summed E-state index contributed by atoms with van der Waals surface area (Å²) in [7, 11) is 0. The number of aromatic nitrogens is 3. The molecule has 1 amide bonds. The number of nitrogens with one attached hydrogen (secondary N) is 1. The fourth-order valence-corrected chi connectivity index (χ4v) is 4.06. The third kappa shape index (κ3) is 4.05. The molecular formula is C26H20F2N4O3. The summed E-state index contributed by atoms with van der Waals surface area (Å²) in [5.41, 5.74) is 2.66. The van der Waals surface area contributed by atoms with Crippen LogP contribution < -0.4 is 4.90 Å². The third-order valence-electron chi connectivity index (χ3n) is 5.74. The average Bonchev–Trinajstić information content (AvgIpc) is 3.48. The van der Waals surface area contributed by atoms with Gasteiger partial charge in [0.25, 0.3) is 5.91 Å². The minimum atomic E-state index is -0.861. The second kappa shape index (κ2) is 8.75. The Hall–Kier alpha value is -4.40. The summed E-state index contributed by atoms with van der Waals surface area (Å²) >= 11 is 0. The van der Waals surface area contributed by atoms with E-state index in [9.17, 15) is 14.0 Å². The van der Waals surface area contributed by atoms with Gasteiger partial charge in [-0.05, 0) is 55.3 Å². The van der Waals surface area contributed by atoms with Gasteiger partial charge < -0.3 is 4.74 Å². The summed E-state index contributed by atoms with van der Waals surface area (Å²) in [4.78, 5) is 26.4. The summed E-state index contributed by atoms with van der Waals surface area (Å²) in [6.07, 6.45) is 1.32. The van der Waals surface area contributed by atoms with Crippen molar-refractivity contribution in [2.75, 3.05) is 4.90 Å². The van der Waals surface area contributed by atoms with Gasteiger partial charge in [-0.25, -0.2) is 13.6 Å². The van der Waals surface area contributed by atoms with Gasteiger partial charge in [0.1, 0.15) is 17.2 Å². The number of carbonyl (C=O) groups excluding carboxylic acids is 2. The molecule has 4 aromatic rings. The molecule has 0 bridgehead atoms. The molecule has 2 heterocycles. The Morgan fingerprint density at radius 3 is 2.46 bits per heavy atom. The molecule has 3 aromatic carbocycles. The van der Waals surface area contributed by atoms with Crippen molar-refractivity contribution in [3.8, 4) is 22.4 Å². The second-order valence-corrected chi connectivity index (χ2v) is 8.41. The zero-order valence-electron chi connectivity index (χ0n) is 18.9. The Morgan fingerprint density at radius 2 is 1.77 bits per heavy atom. The summed E-state index contributed by atoms with van der Waals surface area (Å²) in [5.74, 6) is -2.70. The molecule has 0 aliphatic carbocycles. The number of nitrogens with zero attached hydrogens (tertiary/aromatic N) is 3. The smallest absolute Gasteiger partial charge is 0.338 e. The standard InChI is InChI=1S/C26H20F2N4O3/c1-14(2)35-26(34)16-5-3-15(4-6-16)19-9-10-21(27)24(23(19)28)32-13-18-8-7-17(11-20(18)25(32)33)22-12-29-31-30-22/h3-12,14H,13H2,1-2H3,(H,29,30,31). The van der Waals surface area contributed by atoms with Crippen molar-refractivity contribution in [1.82, 2.24) is 15.4 Å². The van der Waals surface area contributed by atoms with Crippen molar-refractivity contribution in [3.05, 3.63) is 89.1 Å². The molecule has 0 saturated carbocycles. The first-order chi connectivity index (χ1) is 16.8. The van der Waals surface area contributed by atoms with E-state index < -0.39 is 29.2 Å². The fraction of sp³-hybridized carbons (Fsp3) is 0.154. The molecule has 1 N–H and O–H groups in total. The van der Waals surface area contributed by atoms with E-state index in [4.69, 9.17) is 4.74 Å². The number of esters is 1. The number of H-pyrrole nitrogens is 1. The van der Waals surface area contributed by atoms with Crippen LogP contribution >= 0.6 is 0 Å². The Kier molecular flexibility index (Phi) is 5.60. The molecule has 7 nitrogen and oxygen atoms in total. The quantitative estimate of drug-likeness (QED) is 0.405. The van der Waals surface area contributed by atoms with E-state index >= 15 is 4.39 Å². The topological polar surface area (TPSA) is 88.2 Å². The van der Waals surface area contributed by atoms with E-state index in [2.05, 4.69) is 15.4 Å². The number of hydrogen-bond donors (Lipinski definition) is 1. The molecule has 0 fully saturated rings. The fourth-order valence-electron chi connectivity index (χ4n) is 4.06. The van der Waals surface area contributed by atoms with Crippen LogP contribution in [0.2, 0.25) is 0 Å². The number of fused-ring (bicyclic) bond motifs is 1. The second-order valence-electron chi connectivity index (χ2n) is 8.41. The predicted octanol–water partition coefficient (Wildman–Crippen LogP) is 5.14. The van der Waals surface area contributed by atoms with Gasteiger partial charge in [-0.1, -0.05) is 29.5 Å². The average molecular weight is 474 g/mol. The molecule has 35 heavy (non-hydrogen) atoms. The molecule has 9 heteroatoms. The van der Waals surface area contributed by atoms with Crippen molar-refractivity contribution in [3.63, 3.8) is 0 Å². The number of anilines is 1. The highest BCUT2D eigenvalue weighted by molar-refractivity contribution is 6.11. The third-order valence-corrected chi connectivity index (χ3v) is 5.74. The van der Waals surface area contributed by atoms with Gasteiger partial charge in [0, 0.05) is 22.9 Å². The first kappa shape index (κ1) is 22.4. The zero-order chi connectivity index (χ0) is 24.7. The summed E-state index contributed by atoms with van der Waals surface area (Å²) in [6.45, 7) is 3.52. The van der Waals surface area contributed by atoms with Gasteiger partial charge in [-0.3, -0.25) is 14.8 Å². The summed E-state index contributed by atoms with van der Waals surface area (Å²) in [6, 6.07) is 13.8. The molecule has 0 saturated heterocycles. The maximum atomic E-state index is 15.7. The number of ether oxygens (including phenoxy) is 1. The first-order valence-electron chi connectivity index (χ1n) is 10.9. The summed E-state index contributed by atoms with van der Waals surface area (Å²) in [5, 5.41) is 10.2. The number of amides is 1. The molecule has 1 aliphatic heterocycles. The van der Waals surface area contributed by atoms with Gasteiger partial charge in [0.15, 0.2) is 5.82 Å². The number of benzene rings is 3. The maximum Gasteiger partial charge on any atom is 0.338 e. The van der Waals surface area contributed by atoms with Crippen molar-refractivity contribution >= 4 is 17.6 Å². The van der Waals surface area contributed by atoms with Gasteiger partial charge in [0.2, 0.25) is 0 Å². The molecule has 0 spiro atoms. The lowest BCUT2D eigenvalue weighted by atomic mass is 10.0. The monoisotopic (exact) mass is 474 g/mol. The van der Waals surface area contributed by atoms with Gasteiger partial charge in [0.05, 0.1) is 18.2 Å². The lowest BCUT2D eigenvalue weighted by Gasteiger charge is -2.19. The summed E-state index contributed by atoms with van der Waals surface area (Å²) < 4.78 is 35.7. The molecule has 5 rings (SSSR count). The van der Waals surface area contributed by atoms with Crippen molar-refractivity contribution in [2.45, 2.75) is 26.5 Å². The van der Waals surface area contributed by atoms with Crippen molar-refractivity contribution in [1.29, 1.82) is 0 Å². The van der Waals surface area contributed by atoms with Crippen LogP contribution in [0, 0.1) is 11.6 Å². The number of carbonyl (C=O) groups is 2. The molecule has 1 aliphatic rings. The number of aromatic amines is 1. The highest BCUT2D eigenvalue weighted by Crippen LogP contribution is 2.37. The van der Waals surface area contributed by atoms with Gasteiger partial charge in [-0.15, -0.1) is 5.10 Å². The van der Waals surface area contributed by atoms with Crippen LogP contribution in [0.4, 0.5) is 14.5 Å². The van der Waals surface area contributed by atoms with Crippen LogP contribution in [-0.4, -0.2) is 33.4 Å². The first-order valence-corrected chi connectivity index (χ1v) is 10.9. The zero-order valence-corrected chi connectivity index (χ0v) is 18.9. The molecule has 176 valence electrons. The molecule has 1 aromatic heterocycles. The predicted molar refractivity (Wildman–Crippen MR) is 125 cm³/mol. The van der Waals surface area contributed by atoms with E-state index in [1.165, 1.54) is 18.2 Å². The van der Waals surface area contributed by atoms with Crippen LogP contribution in [0.1, 0.15) is 40.1 Å².